The molecular weight excluding hydrogens is 340 g/mol. The van der Waals surface area contributed by atoms with E-state index in [0.717, 1.165) is 50.4 Å². The first-order valence-electron chi connectivity index (χ1n) is 10.0. The molecule has 1 aliphatic heterocycles. The summed E-state index contributed by atoms with van der Waals surface area (Å²) in [6.07, 6.45) is 5.07. The molecule has 2 N–H and O–H groups in total. The summed E-state index contributed by atoms with van der Waals surface area (Å²) in [4.78, 5) is 19.2. The molecule has 0 spiro atoms. The molecule has 1 unspecified atom stereocenters. The highest BCUT2D eigenvalue weighted by atomic mass is 16.5. The largest absolute Gasteiger partial charge is 0.488 e. The zero-order valence-corrected chi connectivity index (χ0v) is 16.8. The lowest BCUT2D eigenvalue weighted by molar-refractivity contribution is -0.138. The van der Waals surface area contributed by atoms with Crippen LogP contribution in [0.2, 0.25) is 0 Å². The lowest BCUT2D eigenvalue weighted by Gasteiger charge is -2.29. The summed E-state index contributed by atoms with van der Waals surface area (Å²) in [6.45, 7) is 4.06. The minimum absolute atomic E-state index is 0.107. The summed E-state index contributed by atoms with van der Waals surface area (Å²) in [5.74, 6) is 1.94. The van der Waals surface area contributed by atoms with E-state index in [-0.39, 0.29) is 17.4 Å². The van der Waals surface area contributed by atoms with Crippen LogP contribution in [-0.4, -0.2) is 56.6 Å². The molecule has 1 atom stereocenters. The van der Waals surface area contributed by atoms with Crippen LogP contribution in [0.1, 0.15) is 38.2 Å². The Morgan fingerprint density at radius 2 is 2.00 bits per heavy atom. The zero-order chi connectivity index (χ0) is 19.3. The van der Waals surface area contributed by atoms with Crippen LogP contribution >= 0.6 is 0 Å². The van der Waals surface area contributed by atoms with Crippen molar-refractivity contribution in [1.29, 1.82) is 0 Å². The van der Waals surface area contributed by atoms with Crippen molar-refractivity contribution in [3.63, 3.8) is 0 Å². The molecule has 1 fully saturated rings. The van der Waals surface area contributed by atoms with Crippen LogP contribution in [0, 0.1) is 5.41 Å². The summed E-state index contributed by atoms with van der Waals surface area (Å²) in [5, 5.41) is 6.69. The summed E-state index contributed by atoms with van der Waals surface area (Å²) in [7, 11) is 3.68. The monoisotopic (exact) mass is 372 g/mol. The van der Waals surface area contributed by atoms with E-state index in [1.165, 1.54) is 5.56 Å². The first-order valence-corrected chi connectivity index (χ1v) is 10.0. The van der Waals surface area contributed by atoms with E-state index >= 15 is 0 Å². The van der Waals surface area contributed by atoms with Crippen molar-refractivity contribution < 1.29 is 9.53 Å². The van der Waals surface area contributed by atoms with E-state index < -0.39 is 0 Å². The number of ether oxygens (including phenoxy) is 1. The Labute approximate surface area is 162 Å². The van der Waals surface area contributed by atoms with E-state index in [9.17, 15) is 4.79 Å². The van der Waals surface area contributed by atoms with Crippen molar-refractivity contribution in [3.8, 4) is 5.75 Å². The van der Waals surface area contributed by atoms with Gasteiger partial charge < -0.3 is 20.3 Å². The number of aliphatic imine (C=N–C) groups is 1. The summed E-state index contributed by atoms with van der Waals surface area (Å²) in [6, 6.07) is 8.19. The number of para-hydroxylation sites is 1. The highest BCUT2D eigenvalue weighted by Gasteiger charge is 2.42. The molecule has 1 amide bonds. The Kier molecular flexibility index (Phi) is 6.24. The minimum Gasteiger partial charge on any atom is -0.488 e. The molecule has 1 heterocycles. The van der Waals surface area contributed by atoms with Crippen molar-refractivity contribution in [2.24, 2.45) is 10.4 Å². The van der Waals surface area contributed by atoms with E-state index in [0.29, 0.717) is 13.1 Å². The molecule has 2 aliphatic rings. The average Bonchev–Trinajstić information content (AvgIpc) is 3.30. The van der Waals surface area contributed by atoms with E-state index in [2.05, 4.69) is 23.6 Å². The number of carbonyl (C=O) groups is 1. The van der Waals surface area contributed by atoms with Crippen LogP contribution in [0.4, 0.5) is 0 Å². The maximum Gasteiger partial charge on any atom is 0.230 e. The smallest absolute Gasteiger partial charge is 0.230 e. The Morgan fingerprint density at radius 3 is 2.67 bits per heavy atom. The van der Waals surface area contributed by atoms with Crippen LogP contribution in [0.15, 0.2) is 29.3 Å². The molecule has 148 valence electrons. The van der Waals surface area contributed by atoms with Gasteiger partial charge in [-0.3, -0.25) is 9.79 Å². The van der Waals surface area contributed by atoms with Gasteiger partial charge in [-0.2, -0.15) is 0 Å². The fourth-order valence-electron chi connectivity index (χ4n) is 4.12. The van der Waals surface area contributed by atoms with Crippen LogP contribution in [0.3, 0.4) is 0 Å². The van der Waals surface area contributed by atoms with Gasteiger partial charge in [0.05, 0.1) is 18.5 Å². The average molecular weight is 373 g/mol. The van der Waals surface area contributed by atoms with Gasteiger partial charge in [-0.05, 0) is 31.4 Å². The van der Waals surface area contributed by atoms with Gasteiger partial charge in [0.25, 0.3) is 0 Å². The third-order valence-electron chi connectivity index (χ3n) is 5.52. The molecule has 0 aromatic heterocycles. The molecular formula is C21H32N4O2. The lowest BCUT2D eigenvalue weighted by Crippen LogP contribution is -2.44. The lowest BCUT2D eigenvalue weighted by atomic mass is 9.85. The molecule has 27 heavy (non-hydrogen) atoms. The van der Waals surface area contributed by atoms with Gasteiger partial charge in [0.1, 0.15) is 11.9 Å². The van der Waals surface area contributed by atoms with Gasteiger partial charge in [-0.1, -0.05) is 31.0 Å². The summed E-state index contributed by atoms with van der Waals surface area (Å²) in [5.41, 5.74) is 0.916. The standard InChI is InChI=1S/C21H32N4O2/c1-4-22-20(23-14-17-13-16-9-5-6-10-18(16)27-17)24-15-21(11-7-8-12-21)19(26)25(2)3/h5-6,9-10,17H,4,7-8,11-15H2,1-3H3,(H2,22,23,24). The number of benzene rings is 1. The molecule has 1 aromatic carbocycles. The van der Waals surface area contributed by atoms with E-state index in [1.54, 1.807) is 4.90 Å². The maximum absolute atomic E-state index is 12.7. The predicted molar refractivity (Wildman–Crippen MR) is 108 cm³/mol. The molecule has 6 heteroatoms. The third-order valence-corrected chi connectivity index (χ3v) is 5.52. The zero-order valence-electron chi connectivity index (χ0n) is 16.8. The summed E-state index contributed by atoms with van der Waals surface area (Å²) >= 11 is 0. The summed E-state index contributed by atoms with van der Waals surface area (Å²) < 4.78 is 6.00. The number of nitrogens with one attached hydrogen (secondary N) is 2. The van der Waals surface area contributed by atoms with Gasteiger partial charge in [0.2, 0.25) is 5.91 Å². The number of hydrogen-bond acceptors (Lipinski definition) is 3. The van der Waals surface area contributed by atoms with Crippen molar-refractivity contribution in [1.82, 2.24) is 15.5 Å². The number of guanidine groups is 1. The number of amides is 1. The Hall–Kier alpha value is -2.24. The second kappa shape index (κ2) is 8.63. The first-order chi connectivity index (χ1) is 13.0. The maximum atomic E-state index is 12.7. The number of nitrogens with zero attached hydrogens (tertiary/aromatic N) is 2. The van der Waals surface area contributed by atoms with Crippen LogP contribution in [0.5, 0.6) is 5.75 Å². The second-order valence-corrected chi connectivity index (χ2v) is 7.81. The SMILES string of the molecule is CCNC(=NCC1(C(=O)N(C)C)CCCC1)NCC1Cc2ccccc2O1. The predicted octanol–water partition coefficient (Wildman–Crippen LogP) is 2.19. The normalized spacial score (nSPS) is 20.7. The van der Waals surface area contributed by atoms with Gasteiger partial charge in [-0.15, -0.1) is 0 Å². The van der Waals surface area contributed by atoms with Crippen molar-refractivity contribution in [2.45, 2.75) is 45.1 Å². The van der Waals surface area contributed by atoms with Gasteiger partial charge >= 0.3 is 0 Å². The van der Waals surface area contributed by atoms with Crippen molar-refractivity contribution in [3.05, 3.63) is 29.8 Å². The number of carbonyl (C=O) groups excluding carboxylic acids is 1. The first kappa shape index (κ1) is 19.5. The van der Waals surface area contributed by atoms with Gasteiger partial charge in [0, 0.05) is 27.1 Å². The topological polar surface area (TPSA) is 66.0 Å². The van der Waals surface area contributed by atoms with Crippen molar-refractivity contribution >= 4 is 11.9 Å². The van der Waals surface area contributed by atoms with E-state index in [1.807, 2.05) is 32.3 Å². The quantitative estimate of drug-likeness (QED) is 0.593. The molecule has 3 rings (SSSR count). The van der Waals surface area contributed by atoms with Gasteiger partial charge in [-0.25, -0.2) is 0 Å². The third kappa shape index (κ3) is 4.54. The molecule has 0 saturated heterocycles. The molecule has 0 bridgehead atoms. The van der Waals surface area contributed by atoms with Crippen molar-refractivity contribution in [2.75, 3.05) is 33.7 Å². The van der Waals surface area contributed by atoms with Gasteiger partial charge in [0.15, 0.2) is 5.96 Å². The molecule has 1 saturated carbocycles. The molecule has 1 aromatic rings. The Morgan fingerprint density at radius 1 is 1.26 bits per heavy atom. The molecule has 1 aliphatic carbocycles. The fraction of sp³-hybridized carbons (Fsp3) is 0.619. The fourth-order valence-corrected chi connectivity index (χ4v) is 4.12. The Balaban J connectivity index is 1.60. The highest BCUT2D eigenvalue weighted by molar-refractivity contribution is 5.84. The van der Waals surface area contributed by atoms with Crippen LogP contribution in [0.25, 0.3) is 0 Å². The number of fused-ring (bicyclic) bond motifs is 1. The van der Waals surface area contributed by atoms with E-state index in [4.69, 9.17) is 9.73 Å². The second-order valence-electron chi connectivity index (χ2n) is 7.81. The van der Waals surface area contributed by atoms with Crippen LogP contribution < -0.4 is 15.4 Å². The Bertz CT molecular complexity index is 656. The highest BCUT2D eigenvalue weighted by Crippen LogP contribution is 2.39. The minimum atomic E-state index is -0.341. The number of hydrogen-bond donors (Lipinski definition) is 2. The molecule has 0 radical (unpaired) electrons. The molecule has 6 nitrogen and oxygen atoms in total. The number of rotatable bonds is 6. The van der Waals surface area contributed by atoms with Crippen LogP contribution in [-0.2, 0) is 11.2 Å².